The highest BCUT2D eigenvalue weighted by molar-refractivity contribution is 8.00. The summed E-state index contributed by atoms with van der Waals surface area (Å²) in [4.78, 5) is 1.43. The molecule has 88 valence electrons. The van der Waals surface area contributed by atoms with Crippen molar-refractivity contribution in [2.45, 2.75) is 42.8 Å². The molecule has 0 unspecified atom stereocenters. The Balaban J connectivity index is 2.10. The van der Waals surface area contributed by atoms with Crippen molar-refractivity contribution in [3.8, 4) is 0 Å². The van der Waals surface area contributed by atoms with Gasteiger partial charge in [0.2, 0.25) is 0 Å². The van der Waals surface area contributed by atoms with E-state index in [1.54, 1.807) is 0 Å². The van der Waals surface area contributed by atoms with Crippen molar-refractivity contribution in [1.29, 1.82) is 0 Å². The van der Waals surface area contributed by atoms with E-state index < -0.39 is 0 Å². The summed E-state index contributed by atoms with van der Waals surface area (Å²) >= 11 is 2.06. The van der Waals surface area contributed by atoms with Crippen molar-refractivity contribution in [3.63, 3.8) is 0 Å². The highest BCUT2D eigenvalue weighted by Crippen LogP contribution is 2.47. The van der Waals surface area contributed by atoms with Crippen molar-refractivity contribution in [2.75, 3.05) is 13.6 Å². The van der Waals surface area contributed by atoms with Crippen molar-refractivity contribution in [1.82, 2.24) is 5.32 Å². The first-order chi connectivity index (χ1) is 7.65. The maximum atomic E-state index is 3.34. The summed E-state index contributed by atoms with van der Waals surface area (Å²) in [6.07, 6.45) is 4.09. The Morgan fingerprint density at radius 2 is 2.00 bits per heavy atom. The lowest BCUT2D eigenvalue weighted by Crippen LogP contribution is -2.42. The number of hydrogen-bond donors (Lipinski definition) is 1. The molecule has 1 fully saturated rings. The average Bonchev–Trinajstić information content (AvgIpc) is 2.20. The second-order valence-corrected chi connectivity index (χ2v) is 6.46. The van der Waals surface area contributed by atoms with Gasteiger partial charge in [0.1, 0.15) is 0 Å². The van der Waals surface area contributed by atoms with Gasteiger partial charge >= 0.3 is 0 Å². The van der Waals surface area contributed by atoms with Gasteiger partial charge in [-0.05, 0) is 57.0 Å². The molecule has 0 aromatic heterocycles. The lowest BCUT2D eigenvalue weighted by atomic mass is 9.84. The van der Waals surface area contributed by atoms with E-state index >= 15 is 0 Å². The molecule has 16 heavy (non-hydrogen) atoms. The molecule has 2 rings (SSSR count). The molecule has 2 heteroatoms. The molecule has 0 radical (unpaired) electrons. The molecule has 1 saturated carbocycles. The molecule has 1 aromatic carbocycles. The van der Waals surface area contributed by atoms with Gasteiger partial charge in [-0.1, -0.05) is 12.5 Å². The van der Waals surface area contributed by atoms with E-state index in [0.29, 0.717) is 4.75 Å². The zero-order valence-corrected chi connectivity index (χ0v) is 11.3. The molecule has 0 bridgehead atoms. The highest BCUT2D eigenvalue weighted by Gasteiger charge is 2.37. The summed E-state index contributed by atoms with van der Waals surface area (Å²) in [5.41, 5.74) is 2.80. The SMILES string of the molecule is CNCC1(Sc2ccc(C)c(C)c2)CCC1. The Hall–Kier alpha value is -0.470. The van der Waals surface area contributed by atoms with Gasteiger partial charge in [0.05, 0.1) is 0 Å². The van der Waals surface area contributed by atoms with Crippen LogP contribution in [0.25, 0.3) is 0 Å². The van der Waals surface area contributed by atoms with Crippen LogP contribution in [0, 0.1) is 13.8 Å². The predicted molar refractivity (Wildman–Crippen MR) is 72.3 cm³/mol. The van der Waals surface area contributed by atoms with Crippen LogP contribution in [0.3, 0.4) is 0 Å². The van der Waals surface area contributed by atoms with E-state index in [9.17, 15) is 0 Å². The molecule has 0 heterocycles. The molecular formula is C14H21NS. The van der Waals surface area contributed by atoms with Crippen molar-refractivity contribution < 1.29 is 0 Å². The van der Waals surface area contributed by atoms with Crippen molar-refractivity contribution in [3.05, 3.63) is 29.3 Å². The molecule has 0 saturated heterocycles. The molecule has 1 aromatic rings. The van der Waals surface area contributed by atoms with Crippen LogP contribution in [-0.2, 0) is 0 Å². The van der Waals surface area contributed by atoms with E-state index in [1.807, 2.05) is 0 Å². The van der Waals surface area contributed by atoms with Gasteiger partial charge in [-0.15, -0.1) is 11.8 Å². The van der Waals surface area contributed by atoms with Gasteiger partial charge in [-0.25, -0.2) is 0 Å². The van der Waals surface area contributed by atoms with E-state index in [2.05, 4.69) is 56.2 Å². The topological polar surface area (TPSA) is 12.0 Å². The Morgan fingerprint density at radius 3 is 2.50 bits per heavy atom. The van der Waals surface area contributed by atoms with Gasteiger partial charge in [0, 0.05) is 16.2 Å². The number of thioether (sulfide) groups is 1. The van der Waals surface area contributed by atoms with Crippen LogP contribution in [-0.4, -0.2) is 18.3 Å². The van der Waals surface area contributed by atoms with E-state index in [4.69, 9.17) is 0 Å². The van der Waals surface area contributed by atoms with E-state index in [-0.39, 0.29) is 0 Å². The minimum absolute atomic E-state index is 0.469. The molecule has 1 nitrogen and oxygen atoms in total. The molecule has 1 N–H and O–H groups in total. The minimum atomic E-state index is 0.469. The second kappa shape index (κ2) is 4.80. The average molecular weight is 235 g/mol. The third-order valence-electron chi connectivity index (χ3n) is 3.58. The summed E-state index contributed by atoms with van der Waals surface area (Å²) in [6.45, 7) is 5.51. The van der Waals surface area contributed by atoms with Gasteiger partial charge in [-0.3, -0.25) is 0 Å². The van der Waals surface area contributed by atoms with Gasteiger partial charge in [0.25, 0.3) is 0 Å². The molecule has 0 amide bonds. The number of benzene rings is 1. The second-order valence-electron chi connectivity index (χ2n) is 4.92. The summed E-state index contributed by atoms with van der Waals surface area (Å²) in [6, 6.07) is 6.84. The van der Waals surface area contributed by atoms with Gasteiger partial charge < -0.3 is 5.32 Å². The van der Waals surface area contributed by atoms with E-state index in [1.165, 1.54) is 35.3 Å². The third-order valence-corrected chi connectivity index (χ3v) is 5.05. The Morgan fingerprint density at radius 1 is 1.25 bits per heavy atom. The van der Waals surface area contributed by atoms with Crippen LogP contribution in [0.4, 0.5) is 0 Å². The fraction of sp³-hybridized carbons (Fsp3) is 0.571. The fourth-order valence-corrected chi connectivity index (χ4v) is 3.82. The molecular weight excluding hydrogens is 214 g/mol. The van der Waals surface area contributed by atoms with Crippen LogP contribution in [0.5, 0.6) is 0 Å². The van der Waals surface area contributed by atoms with Crippen LogP contribution < -0.4 is 5.32 Å². The van der Waals surface area contributed by atoms with Gasteiger partial charge in [-0.2, -0.15) is 0 Å². The first-order valence-electron chi connectivity index (χ1n) is 6.06. The molecule has 0 spiro atoms. The molecule has 0 aliphatic heterocycles. The summed E-state index contributed by atoms with van der Waals surface area (Å²) in [7, 11) is 2.06. The van der Waals surface area contributed by atoms with Crippen LogP contribution in [0.1, 0.15) is 30.4 Å². The Bertz CT molecular complexity index is 369. The number of hydrogen-bond acceptors (Lipinski definition) is 2. The highest BCUT2D eigenvalue weighted by atomic mass is 32.2. The lowest BCUT2D eigenvalue weighted by Gasteiger charge is -2.41. The summed E-state index contributed by atoms with van der Waals surface area (Å²) in [5.74, 6) is 0. The lowest BCUT2D eigenvalue weighted by molar-refractivity contribution is 0.353. The third kappa shape index (κ3) is 2.44. The number of rotatable bonds is 4. The maximum Gasteiger partial charge on any atom is 0.0331 e. The first kappa shape index (κ1) is 12.0. The summed E-state index contributed by atoms with van der Waals surface area (Å²) in [5, 5.41) is 3.34. The van der Waals surface area contributed by atoms with Crippen molar-refractivity contribution in [2.24, 2.45) is 0 Å². The van der Waals surface area contributed by atoms with Crippen molar-refractivity contribution >= 4 is 11.8 Å². The normalized spacial score (nSPS) is 18.2. The molecule has 1 aliphatic carbocycles. The Kier molecular flexibility index (Phi) is 3.60. The monoisotopic (exact) mass is 235 g/mol. The number of nitrogens with one attached hydrogen (secondary N) is 1. The quantitative estimate of drug-likeness (QED) is 0.856. The molecule has 0 atom stereocenters. The molecule has 1 aliphatic rings. The Labute approximate surface area is 103 Å². The predicted octanol–water partition coefficient (Wildman–Crippen LogP) is 3.54. The minimum Gasteiger partial charge on any atom is -0.318 e. The summed E-state index contributed by atoms with van der Waals surface area (Å²) < 4.78 is 0.469. The van der Waals surface area contributed by atoms with Crippen LogP contribution >= 0.6 is 11.8 Å². The first-order valence-corrected chi connectivity index (χ1v) is 6.88. The fourth-order valence-electron chi connectivity index (χ4n) is 2.24. The van der Waals surface area contributed by atoms with E-state index in [0.717, 1.165) is 6.54 Å². The largest absolute Gasteiger partial charge is 0.318 e. The van der Waals surface area contributed by atoms with Crippen LogP contribution in [0.15, 0.2) is 23.1 Å². The standard InChI is InChI=1S/C14H21NS/c1-11-5-6-13(9-12(11)2)16-14(10-15-3)7-4-8-14/h5-6,9,15H,4,7-8,10H2,1-3H3. The maximum absolute atomic E-state index is 3.34. The zero-order chi connectivity index (χ0) is 11.6. The smallest absolute Gasteiger partial charge is 0.0331 e. The van der Waals surface area contributed by atoms with Crippen LogP contribution in [0.2, 0.25) is 0 Å². The zero-order valence-electron chi connectivity index (χ0n) is 10.5. The van der Waals surface area contributed by atoms with Gasteiger partial charge in [0.15, 0.2) is 0 Å². The number of aryl methyl sites for hydroxylation is 2.